The van der Waals surface area contributed by atoms with Gasteiger partial charge in [0, 0.05) is 11.1 Å². The van der Waals surface area contributed by atoms with Crippen LogP contribution in [0.2, 0.25) is 10.0 Å². The van der Waals surface area contributed by atoms with Crippen LogP contribution in [0, 0.1) is 6.92 Å². The highest BCUT2D eigenvalue weighted by Crippen LogP contribution is 2.29. The predicted molar refractivity (Wildman–Crippen MR) is 79.2 cm³/mol. The van der Waals surface area contributed by atoms with Crippen LogP contribution in [0.25, 0.3) is 0 Å². The Morgan fingerprint density at radius 3 is 2.89 bits per heavy atom. The molecule has 2 amide bonds. The Hall–Kier alpha value is -1.30. The third-order valence-corrected chi connectivity index (χ3v) is 4.02. The molecule has 100 valence electrons. The van der Waals surface area contributed by atoms with E-state index in [1.807, 2.05) is 6.92 Å². The highest BCUT2D eigenvalue weighted by Gasteiger charge is 2.08. The molecule has 0 aliphatic heterocycles. The van der Waals surface area contributed by atoms with Gasteiger partial charge in [0.05, 0.1) is 27.3 Å². The SMILES string of the molecule is Cc1ncc(CNC(=O)Nc2cccc(Cl)c2Cl)s1. The molecular formula is C12H11Cl2N3OS. The van der Waals surface area contributed by atoms with Crippen molar-refractivity contribution >= 4 is 46.3 Å². The average Bonchev–Trinajstić information content (AvgIpc) is 2.78. The lowest BCUT2D eigenvalue weighted by Crippen LogP contribution is -2.27. The van der Waals surface area contributed by atoms with E-state index in [9.17, 15) is 4.79 Å². The van der Waals surface area contributed by atoms with Crippen LogP contribution in [-0.4, -0.2) is 11.0 Å². The van der Waals surface area contributed by atoms with Crippen LogP contribution < -0.4 is 10.6 Å². The van der Waals surface area contributed by atoms with E-state index in [1.54, 1.807) is 35.7 Å². The van der Waals surface area contributed by atoms with Crippen LogP contribution in [0.4, 0.5) is 10.5 Å². The number of nitrogens with zero attached hydrogens (tertiary/aromatic N) is 1. The maximum atomic E-state index is 11.7. The van der Waals surface area contributed by atoms with Crippen molar-refractivity contribution in [3.63, 3.8) is 0 Å². The predicted octanol–water partition coefficient (Wildman–Crippen LogP) is 4.08. The van der Waals surface area contributed by atoms with Gasteiger partial charge in [0.1, 0.15) is 0 Å². The number of carbonyl (C=O) groups excluding carboxylic acids is 1. The molecule has 0 fully saturated rings. The minimum atomic E-state index is -0.338. The number of benzene rings is 1. The molecule has 0 saturated heterocycles. The highest BCUT2D eigenvalue weighted by atomic mass is 35.5. The number of thiazole rings is 1. The second-order valence-corrected chi connectivity index (χ2v) is 5.86. The number of carbonyl (C=O) groups is 1. The summed E-state index contributed by atoms with van der Waals surface area (Å²) in [6.07, 6.45) is 1.74. The molecule has 2 aromatic rings. The molecular weight excluding hydrogens is 305 g/mol. The van der Waals surface area contributed by atoms with Gasteiger partial charge in [-0.3, -0.25) is 0 Å². The fourth-order valence-corrected chi connectivity index (χ4v) is 2.50. The number of rotatable bonds is 3. The lowest BCUT2D eigenvalue weighted by atomic mass is 10.3. The summed E-state index contributed by atoms with van der Waals surface area (Å²) in [5, 5.41) is 7.07. The average molecular weight is 316 g/mol. The molecule has 1 heterocycles. The monoisotopic (exact) mass is 315 g/mol. The zero-order valence-electron chi connectivity index (χ0n) is 10.0. The summed E-state index contributed by atoms with van der Waals surface area (Å²) in [5.41, 5.74) is 0.479. The molecule has 0 radical (unpaired) electrons. The van der Waals surface area contributed by atoms with Crippen molar-refractivity contribution in [2.45, 2.75) is 13.5 Å². The fourth-order valence-electron chi connectivity index (χ4n) is 1.42. The number of hydrogen-bond donors (Lipinski definition) is 2. The smallest absolute Gasteiger partial charge is 0.319 e. The number of hydrogen-bond acceptors (Lipinski definition) is 3. The molecule has 0 saturated carbocycles. The molecule has 0 atom stereocenters. The van der Waals surface area contributed by atoms with E-state index in [2.05, 4.69) is 15.6 Å². The van der Waals surface area contributed by atoms with Gasteiger partial charge in [-0.1, -0.05) is 29.3 Å². The van der Waals surface area contributed by atoms with Gasteiger partial charge in [-0.15, -0.1) is 11.3 Å². The molecule has 4 nitrogen and oxygen atoms in total. The second-order valence-electron chi connectivity index (χ2n) is 3.75. The van der Waals surface area contributed by atoms with E-state index in [1.165, 1.54) is 0 Å². The second kappa shape index (κ2) is 6.23. The Balaban J connectivity index is 1.92. The van der Waals surface area contributed by atoms with Crippen LogP contribution in [-0.2, 0) is 6.54 Å². The maximum absolute atomic E-state index is 11.7. The summed E-state index contributed by atoms with van der Waals surface area (Å²) in [6.45, 7) is 2.34. The van der Waals surface area contributed by atoms with Crippen LogP contribution >= 0.6 is 34.5 Å². The standard InChI is InChI=1S/C12H11Cl2N3OS/c1-7-15-5-8(19-7)6-16-12(18)17-10-4-2-3-9(13)11(10)14/h2-5H,6H2,1H3,(H2,16,17,18). The van der Waals surface area contributed by atoms with E-state index in [0.717, 1.165) is 9.88 Å². The van der Waals surface area contributed by atoms with Gasteiger partial charge < -0.3 is 10.6 Å². The number of nitrogens with one attached hydrogen (secondary N) is 2. The van der Waals surface area contributed by atoms with Crippen molar-refractivity contribution in [2.24, 2.45) is 0 Å². The van der Waals surface area contributed by atoms with Crippen molar-refractivity contribution in [2.75, 3.05) is 5.32 Å². The van der Waals surface area contributed by atoms with Crippen LogP contribution in [0.1, 0.15) is 9.88 Å². The van der Waals surface area contributed by atoms with Gasteiger partial charge in [0.25, 0.3) is 0 Å². The molecule has 0 spiro atoms. The summed E-state index contributed by atoms with van der Waals surface area (Å²) in [6, 6.07) is 4.73. The molecule has 2 rings (SSSR count). The van der Waals surface area contributed by atoms with Gasteiger partial charge in [-0.05, 0) is 19.1 Å². The van der Waals surface area contributed by atoms with Gasteiger partial charge in [-0.25, -0.2) is 9.78 Å². The molecule has 7 heteroatoms. The van der Waals surface area contributed by atoms with E-state index in [4.69, 9.17) is 23.2 Å². The fraction of sp³-hybridized carbons (Fsp3) is 0.167. The Kier molecular flexibility index (Phi) is 4.63. The third kappa shape index (κ3) is 3.83. The Bertz CT molecular complexity index is 600. The van der Waals surface area contributed by atoms with Crippen molar-refractivity contribution in [1.29, 1.82) is 0 Å². The molecule has 1 aromatic heterocycles. The van der Waals surface area contributed by atoms with Crippen molar-refractivity contribution < 1.29 is 4.79 Å². The molecule has 0 aliphatic rings. The molecule has 0 aliphatic carbocycles. The maximum Gasteiger partial charge on any atom is 0.319 e. The first-order valence-corrected chi connectivity index (χ1v) is 7.03. The number of anilines is 1. The lowest BCUT2D eigenvalue weighted by Gasteiger charge is -2.08. The number of amides is 2. The van der Waals surface area contributed by atoms with Crippen molar-refractivity contribution in [1.82, 2.24) is 10.3 Å². The van der Waals surface area contributed by atoms with E-state index in [0.29, 0.717) is 22.3 Å². The Morgan fingerprint density at radius 1 is 1.42 bits per heavy atom. The number of aromatic nitrogens is 1. The quantitative estimate of drug-likeness (QED) is 0.896. The van der Waals surface area contributed by atoms with Gasteiger partial charge in [0.15, 0.2) is 0 Å². The van der Waals surface area contributed by atoms with E-state index >= 15 is 0 Å². The van der Waals surface area contributed by atoms with Crippen LogP contribution in [0.5, 0.6) is 0 Å². The zero-order chi connectivity index (χ0) is 13.8. The first-order chi connectivity index (χ1) is 9.06. The molecule has 0 unspecified atom stereocenters. The molecule has 0 bridgehead atoms. The number of aryl methyl sites for hydroxylation is 1. The summed E-state index contributed by atoms with van der Waals surface area (Å²) in [7, 11) is 0. The molecule has 19 heavy (non-hydrogen) atoms. The summed E-state index contributed by atoms with van der Waals surface area (Å²) < 4.78 is 0. The molecule has 2 N–H and O–H groups in total. The highest BCUT2D eigenvalue weighted by molar-refractivity contribution is 7.11. The van der Waals surface area contributed by atoms with Crippen molar-refractivity contribution in [3.8, 4) is 0 Å². The third-order valence-electron chi connectivity index (χ3n) is 2.29. The van der Waals surface area contributed by atoms with E-state index < -0.39 is 0 Å². The zero-order valence-corrected chi connectivity index (χ0v) is 12.4. The Labute approximate surface area is 124 Å². The largest absolute Gasteiger partial charge is 0.333 e. The number of halogens is 2. The lowest BCUT2D eigenvalue weighted by molar-refractivity contribution is 0.252. The number of urea groups is 1. The Morgan fingerprint density at radius 2 is 2.21 bits per heavy atom. The minimum Gasteiger partial charge on any atom is -0.333 e. The normalized spacial score (nSPS) is 10.3. The van der Waals surface area contributed by atoms with Crippen molar-refractivity contribution in [3.05, 3.63) is 44.3 Å². The van der Waals surface area contributed by atoms with Crippen LogP contribution in [0.3, 0.4) is 0 Å². The summed E-state index contributed by atoms with van der Waals surface area (Å²) in [5.74, 6) is 0. The van der Waals surface area contributed by atoms with Gasteiger partial charge in [0.2, 0.25) is 0 Å². The topological polar surface area (TPSA) is 54.0 Å². The minimum absolute atomic E-state index is 0.327. The van der Waals surface area contributed by atoms with Gasteiger partial charge >= 0.3 is 6.03 Å². The first kappa shape index (κ1) is 14.1. The van der Waals surface area contributed by atoms with Crippen LogP contribution in [0.15, 0.2) is 24.4 Å². The summed E-state index contributed by atoms with van der Waals surface area (Å²) >= 11 is 13.4. The first-order valence-electron chi connectivity index (χ1n) is 5.46. The van der Waals surface area contributed by atoms with E-state index in [-0.39, 0.29) is 6.03 Å². The summed E-state index contributed by atoms with van der Waals surface area (Å²) in [4.78, 5) is 16.8. The van der Waals surface area contributed by atoms with Gasteiger partial charge in [-0.2, -0.15) is 0 Å². The molecule has 1 aromatic carbocycles.